The number of hydrogen-bond donors (Lipinski definition) is 0. The van der Waals surface area contributed by atoms with Gasteiger partial charge in [-0.05, 0) is 41.6 Å². The third-order valence-corrected chi connectivity index (χ3v) is 5.88. The quantitative estimate of drug-likeness (QED) is 0.464. The number of halogens is 2. The van der Waals surface area contributed by atoms with E-state index in [1.54, 1.807) is 36.4 Å². The molecule has 0 spiro atoms. The zero-order valence-electron chi connectivity index (χ0n) is 14.1. The molecule has 1 fully saturated rings. The number of amides is 2. The number of ketones is 1. The van der Waals surface area contributed by atoms with Gasteiger partial charge >= 0.3 is 0 Å². The molecule has 6 nitrogen and oxygen atoms in total. The molecule has 9 heteroatoms. The van der Waals surface area contributed by atoms with E-state index in [1.165, 1.54) is 6.08 Å². The molecule has 0 saturated carbocycles. The summed E-state index contributed by atoms with van der Waals surface area (Å²) in [6, 6.07) is 9.95. The van der Waals surface area contributed by atoms with Crippen LogP contribution in [0.4, 0.5) is 4.79 Å². The Kier molecular flexibility index (Phi) is 5.18. The minimum absolute atomic E-state index is 0.101. The third-order valence-electron chi connectivity index (χ3n) is 4.12. The summed E-state index contributed by atoms with van der Waals surface area (Å²) in [6.45, 7) is -0.220. The molecule has 2 amide bonds. The Balaban J connectivity index is 1.55. The van der Waals surface area contributed by atoms with Crippen LogP contribution in [-0.4, -0.2) is 35.2 Å². The summed E-state index contributed by atoms with van der Waals surface area (Å²) in [7, 11) is 0. The van der Waals surface area contributed by atoms with Crippen LogP contribution in [0.15, 0.2) is 45.8 Å². The Bertz CT molecular complexity index is 1040. The van der Waals surface area contributed by atoms with Gasteiger partial charge in [-0.25, -0.2) is 0 Å². The first-order valence-electron chi connectivity index (χ1n) is 8.05. The molecule has 0 aromatic heterocycles. The second-order valence-electron chi connectivity index (χ2n) is 5.92. The number of carbonyl (C=O) groups is 3. The van der Waals surface area contributed by atoms with E-state index in [1.807, 2.05) is 0 Å². The van der Waals surface area contributed by atoms with Crippen molar-refractivity contribution < 1.29 is 23.9 Å². The lowest BCUT2D eigenvalue weighted by atomic mass is 10.1. The number of hydrogen-bond acceptors (Lipinski definition) is 6. The first-order valence-corrected chi connectivity index (χ1v) is 10.0. The van der Waals surface area contributed by atoms with Crippen molar-refractivity contribution in [1.29, 1.82) is 0 Å². The van der Waals surface area contributed by atoms with Gasteiger partial charge < -0.3 is 9.47 Å². The Morgan fingerprint density at radius 3 is 2.57 bits per heavy atom. The molecule has 2 aromatic carbocycles. The van der Waals surface area contributed by atoms with Crippen LogP contribution in [0.2, 0.25) is 5.02 Å². The Hall–Kier alpha value is -2.29. The summed E-state index contributed by atoms with van der Waals surface area (Å²) in [5.41, 5.74) is 0.945. The van der Waals surface area contributed by atoms with E-state index >= 15 is 0 Å². The standard InChI is InChI=1S/C19H11BrClNO5S/c20-12-3-1-10(2-4-12)14(23)8-22-18(24)17(28-19(22)25)6-11-5-15-16(7-13(11)21)27-9-26-15/h1-7H,8-9H2/b17-6+. The molecular formula is C19H11BrClNO5S. The van der Waals surface area contributed by atoms with E-state index < -0.39 is 11.1 Å². The van der Waals surface area contributed by atoms with Crippen LogP contribution in [0, 0.1) is 0 Å². The molecule has 28 heavy (non-hydrogen) atoms. The normalized spacial score (nSPS) is 16.9. The molecular weight excluding hydrogens is 470 g/mol. The maximum Gasteiger partial charge on any atom is 0.293 e. The number of imide groups is 1. The van der Waals surface area contributed by atoms with Crippen molar-refractivity contribution in [3.63, 3.8) is 0 Å². The van der Waals surface area contributed by atoms with Gasteiger partial charge in [-0.15, -0.1) is 0 Å². The smallest absolute Gasteiger partial charge is 0.293 e. The molecule has 0 bridgehead atoms. The largest absolute Gasteiger partial charge is 0.454 e. The van der Waals surface area contributed by atoms with Gasteiger partial charge in [-0.1, -0.05) is 39.7 Å². The average Bonchev–Trinajstić information content (AvgIpc) is 3.22. The van der Waals surface area contributed by atoms with Crippen LogP contribution in [-0.2, 0) is 4.79 Å². The van der Waals surface area contributed by atoms with Crippen LogP contribution >= 0.6 is 39.3 Å². The van der Waals surface area contributed by atoms with Crippen molar-refractivity contribution in [2.75, 3.05) is 13.3 Å². The summed E-state index contributed by atoms with van der Waals surface area (Å²) in [6.07, 6.45) is 1.51. The molecule has 0 atom stereocenters. The molecule has 0 N–H and O–H groups in total. The number of Topliss-reactive ketones (excluding diaryl/α,β-unsaturated/α-hetero) is 1. The zero-order valence-corrected chi connectivity index (χ0v) is 17.3. The van der Waals surface area contributed by atoms with Crippen molar-refractivity contribution in [3.05, 3.63) is 61.9 Å². The van der Waals surface area contributed by atoms with Gasteiger partial charge in [0.2, 0.25) is 6.79 Å². The number of rotatable bonds is 4. The van der Waals surface area contributed by atoms with Gasteiger partial charge in [0.1, 0.15) is 0 Å². The van der Waals surface area contributed by atoms with Crippen LogP contribution in [0.3, 0.4) is 0 Å². The molecule has 0 aliphatic carbocycles. The highest BCUT2D eigenvalue weighted by molar-refractivity contribution is 9.10. The number of fused-ring (bicyclic) bond motifs is 1. The zero-order chi connectivity index (χ0) is 19.8. The van der Waals surface area contributed by atoms with E-state index in [9.17, 15) is 14.4 Å². The second kappa shape index (κ2) is 7.62. The summed E-state index contributed by atoms with van der Waals surface area (Å²) in [5, 5.41) is -0.138. The molecule has 142 valence electrons. The first kappa shape index (κ1) is 19.0. The molecule has 2 aromatic rings. The minimum Gasteiger partial charge on any atom is -0.454 e. The monoisotopic (exact) mass is 479 g/mol. The Morgan fingerprint density at radius 1 is 1.18 bits per heavy atom. The van der Waals surface area contributed by atoms with E-state index in [0.717, 1.165) is 21.1 Å². The fraction of sp³-hybridized carbons (Fsp3) is 0.105. The highest BCUT2D eigenvalue weighted by atomic mass is 79.9. The lowest BCUT2D eigenvalue weighted by Gasteiger charge is -2.11. The second-order valence-corrected chi connectivity index (χ2v) is 8.24. The fourth-order valence-corrected chi connectivity index (χ4v) is 3.99. The first-order chi connectivity index (χ1) is 13.4. The van der Waals surface area contributed by atoms with Crippen LogP contribution in [0.5, 0.6) is 11.5 Å². The molecule has 4 rings (SSSR count). The van der Waals surface area contributed by atoms with E-state index in [4.69, 9.17) is 21.1 Å². The van der Waals surface area contributed by atoms with Gasteiger partial charge in [0.15, 0.2) is 17.3 Å². The summed E-state index contributed by atoms with van der Waals surface area (Å²) < 4.78 is 11.4. The molecule has 0 unspecified atom stereocenters. The van der Waals surface area contributed by atoms with Gasteiger partial charge in [-0.3, -0.25) is 19.3 Å². The third kappa shape index (κ3) is 3.67. The van der Waals surface area contributed by atoms with Gasteiger partial charge in [0.05, 0.1) is 16.5 Å². The molecule has 2 aliphatic rings. The molecule has 1 saturated heterocycles. The number of carbonyl (C=O) groups excluding carboxylic acids is 3. The summed E-state index contributed by atoms with van der Waals surface area (Å²) >= 11 is 10.3. The van der Waals surface area contributed by atoms with Gasteiger partial charge in [0.25, 0.3) is 11.1 Å². The lowest BCUT2D eigenvalue weighted by Crippen LogP contribution is -2.33. The van der Waals surface area contributed by atoms with Crippen molar-refractivity contribution in [1.82, 2.24) is 4.90 Å². The number of ether oxygens (including phenoxy) is 2. The van der Waals surface area contributed by atoms with Gasteiger partial charge in [0, 0.05) is 16.1 Å². The molecule has 0 radical (unpaired) electrons. The van der Waals surface area contributed by atoms with Crippen LogP contribution in [0.1, 0.15) is 15.9 Å². The van der Waals surface area contributed by atoms with Crippen molar-refractivity contribution in [2.45, 2.75) is 0 Å². The highest BCUT2D eigenvalue weighted by Crippen LogP contribution is 2.39. The fourth-order valence-electron chi connectivity index (χ4n) is 2.69. The molecule has 2 heterocycles. The predicted octanol–water partition coefficient (Wildman–Crippen LogP) is 4.75. The molecule has 2 aliphatic heterocycles. The average molecular weight is 481 g/mol. The summed E-state index contributed by atoms with van der Waals surface area (Å²) in [5.74, 6) is 0.182. The van der Waals surface area contributed by atoms with Crippen molar-refractivity contribution >= 4 is 62.3 Å². The predicted molar refractivity (Wildman–Crippen MR) is 109 cm³/mol. The minimum atomic E-state index is -0.533. The Labute approximate surface area is 177 Å². The van der Waals surface area contributed by atoms with Crippen molar-refractivity contribution in [3.8, 4) is 11.5 Å². The highest BCUT2D eigenvalue weighted by Gasteiger charge is 2.36. The van der Waals surface area contributed by atoms with E-state index in [2.05, 4.69) is 15.9 Å². The lowest BCUT2D eigenvalue weighted by molar-refractivity contribution is -0.122. The number of benzene rings is 2. The van der Waals surface area contributed by atoms with E-state index in [-0.39, 0.29) is 24.0 Å². The maximum absolute atomic E-state index is 12.6. The van der Waals surface area contributed by atoms with Crippen LogP contribution < -0.4 is 9.47 Å². The van der Waals surface area contributed by atoms with Gasteiger partial charge in [-0.2, -0.15) is 0 Å². The number of thioether (sulfide) groups is 1. The summed E-state index contributed by atoms with van der Waals surface area (Å²) in [4.78, 5) is 38.4. The topological polar surface area (TPSA) is 72.9 Å². The Morgan fingerprint density at radius 2 is 1.86 bits per heavy atom. The SMILES string of the molecule is O=C(CN1C(=O)S/C(=C/c2cc3c(cc2Cl)OCO3)C1=O)c1ccc(Br)cc1. The maximum atomic E-state index is 12.6. The van der Waals surface area contributed by atoms with Crippen LogP contribution in [0.25, 0.3) is 6.08 Å². The van der Waals surface area contributed by atoms with E-state index in [0.29, 0.717) is 27.6 Å². The van der Waals surface area contributed by atoms with Crippen molar-refractivity contribution in [2.24, 2.45) is 0 Å². The number of nitrogens with zero attached hydrogens (tertiary/aromatic N) is 1.